The SMILES string of the molecule is CN=C(NCCS(=O)C(C)(C)C)NC1CCCN(c2ccccc2OC)C1. The Labute approximate surface area is 166 Å². The summed E-state index contributed by atoms with van der Waals surface area (Å²) in [5.74, 6) is 2.29. The molecular weight excluding hydrogens is 360 g/mol. The van der Waals surface area contributed by atoms with Gasteiger partial charge >= 0.3 is 0 Å². The van der Waals surface area contributed by atoms with Gasteiger partial charge in [-0.2, -0.15) is 0 Å². The molecule has 1 fully saturated rings. The Kier molecular flexibility index (Phi) is 7.95. The second-order valence-electron chi connectivity index (χ2n) is 7.76. The molecule has 0 aliphatic carbocycles. The van der Waals surface area contributed by atoms with Gasteiger partial charge in [0.15, 0.2) is 5.96 Å². The molecule has 0 saturated carbocycles. The van der Waals surface area contributed by atoms with E-state index in [0.29, 0.717) is 18.3 Å². The summed E-state index contributed by atoms with van der Waals surface area (Å²) in [4.78, 5) is 6.69. The number of nitrogens with one attached hydrogen (secondary N) is 2. The fourth-order valence-corrected chi connectivity index (χ4v) is 4.06. The predicted molar refractivity (Wildman–Crippen MR) is 115 cm³/mol. The van der Waals surface area contributed by atoms with E-state index in [0.717, 1.165) is 43.3 Å². The molecule has 1 aromatic carbocycles. The number of para-hydroxylation sites is 2. The highest BCUT2D eigenvalue weighted by Gasteiger charge is 2.23. The minimum atomic E-state index is -0.864. The lowest BCUT2D eigenvalue weighted by Crippen LogP contribution is -2.51. The van der Waals surface area contributed by atoms with Crippen LogP contribution in [-0.2, 0) is 10.8 Å². The van der Waals surface area contributed by atoms with Gasteiger partial charge in [0.1, 0.15) is 5.75 Å². The van der Waals surface area contributed by atoms with Crippen molar-refractivity contribution in [3.63, 3.8) is 0 Å². The van der Waals surface area contributed by atoms with Gasteiger partial charge in [-0.05, 0) is 45.7 Å². The van der Waals surface area contributed by atoms with Crippen LogP contribution in [0.3, 0.4) is 0 Å². The Morgan fingerprint density at radius 3 is 2.78 bits per heavy atom. The Hall–Kier alpha value is -1.76. The molecule has 152 valence electrons. The summed E-state index contributed by atoms with van der Waals surface area (Å²) in [6.07, 6.45) is 2.21. The highest BCUT2D eigenvalue weighted by Crippen LogP contribution is 2.29. The molecule has 1 aromatic rings. The van der Waals surface area contributed by atoms with E-state index in [1.807, 2.05) is 39.0 Å². The number of methoxy groups -OCH3 is 1. The largest absolute Gasteiger partial charge is 0.495 e. The fourth-order valence-electron chi connectivity index (χ4n) is 3.16. The lowest BCUT2D eigenvalue weighted by atomic mass is 10.0. The van der Waals surface area contributed by atoms with Crippen molar-refractivity contribution in [1.82, 2.24) is 10.6 Å². The normalized spacial score (nSPS) is 19.5. The summed E-state index contributed by atoms with van der Waals surface area (Å²) in [6, 6.07) is 8.46. The topological polar surface area (TPSA) is 66.0 Å². The molecule has 1 aliphatic heterocycles. The van der Waals surface area contributed by atoms with Crippen molar-refractivity contribution in [2.45, 2.75) is 44.4 Å². The van der Waals surface area contributed by atoms with Crippen molar-refractivity contribution in [2.75, 3.05) is 44.4 Å². The highest BCUT2D eigenvalue weighted by molar-refractivity contribution is 7.86. The Balaban J connectivity index is 1.89. The molecule has 1 saturated heterocycles. The molecule has 6 nitrogen and oxygen atoms in total. The van der Waals surface area contributed by atoms with Gasteiger partial charge in [0.2, 0.25) is 0 Å². The first kappa shape index (κ1) is 21.5. The van der Waals surface area contributed by atoms with E-state index in [4.69, 9.17) is 4.74 Å². The average molecular weight is 395 g/mol. The van der Waals surface area contributed by atoms with E-state index < -0.39 is 10.8 Å². The molecule has 0 amide bonds. The lowest BCUT2D eigenvalue weighted by molar-refractivity contribution is 0.408. The molecular formula is C20H34N4O2S. The monoisotopic (exact) mass is 394 g/mol. The van der Waals surface area contributed by atoms with Crippen molar-refractivity contribution in [1.29, 1.82) is 0 Å². The maximum absolute atomic E-state index is 12.2. The predicted octanol–water partition coefficient (Wildman–Crippen LogP) is 2.38. The molecule has 0 bridgehead atoms. The third kappa shape index (κ3) is 6.41. The summed E-state index contributed by atoms with van der Waals surface area (Å²) in [5, 5.41) is 6.81. The summed E-state index contributed by atoms with van der Waals surface area (Å²) in [7, 11) is 2.62. The van der Waals surface area contributed by atoms with Crippen LogP contribution in [0.2, 0.25) is 0 Å². The first-order valence-corrected chi connectivity index (χ1v) is 10.9. The van der Waals surface area contributed by atoms with Gasteiger partial charge in [-0.25, -0.2) is 0 Å². The van der Waals surface area contributed by atoms with Crippen LogP contribution in [0.15, 0.2) is 29.3 Å². The zero-order chi connectivity index (χ0) is 19.9. The number of rotatable bonds is 6. The molecule has 2 atom stereocenters. The first-order chi connectivity index (χ1) is 12.8. The number of anilines is 1. The Morgan fingerprint density at radius 1 is 1.37 bits per heavy atom. The Bertz CT molecular complexity index is 658. The summed E-state index contributed by atoms with van der Waals surface area (Å²) >= 11 is 0. The third-order valence-electron chi connectivity index (χ3n) is 4.67. The van der Waals surface area contributed by atoms with Gasteiger partial charge in [-0.3, -0.25) is 9.20 Å². The van der Waals surface area contributed by atoms with Crippen molar-refractivity contribution in [2.24, 2.45) is 4.99 Å². The number of hydrogen-bond acceptors (Lipinski definition) is 4. The van der Waals surface area contributed by atoms with Crippen LogP contribution in [0.1, 0.15) is 33.6 Å². The maximum Gasteiger partial charge on any atom is 0.191 e. The van der Waals surface area contributed by atoms with Gasteiger partial charge in [0, 0.05) is 54.0 Å². The van der Waals surface area contributed by atoms with Gasteiger partial charge in [-0.1, -0.05) is 12.1 Å². The smallest absolute Gasteiger partial charge is 0.191 e. The quantitative estimate of drug-likeness (QED) is 0.573. The van der Waals surface area contributed by atoms with Crippen LogP contribution in [0.4, 0.5) is 5.69 Å². The zero-order valence-corrected chi connectivity index (χ0v) is 18.1. The molecule has 1 heterocycles. The number of benzene rings is 1. The second kappa shape index (κ2) is 9.97. The molecule has 0 radical (unpaired) electrons. The molecule has 0 spiro atoms. The maximum atomic E-state index is 12.2. The number of guanidine groups is 1. The zero-order valence-electron chi connectivity index (χ0n) is 17.2. The summed E-state index contributed by atoms with van der Waals surface area (Å²) in [6.45, 7) is 8.58. The summed E-state index contributed by atoms with van der Waals surface area (Å²) < 4.78 is 17.5. The van der Waals surface area contributed by atoms with Crippen LogP contribution in [-0.4, -0.2) is 60.5 Å². The number of hydrogen-bond donors (Lipinski definition) is 2. The molecule has 27 heavy (non-hydrogen) atoms. The Morgan fingerprint density at radius 2 is 2.11 bits per heavy atom. The van der Waals surface area contributed by atoms with E-state index in [-0.39, 0.29) is 4.75 Å². The minimum Gasteiger partial charge on any atom is -0.495 e. The number of nitrogens with zero attached hydrogens (tertiary/aromatic N) is 2. The highest BCUT2D eigenvalue weighted by atomic mass is 32.2. The van der Waals surface area contributed by atoms with Gasteiger partial charge in [-0.15, -0.1) is 0 Å². The van der Waals surface area contributed by atoms with E-state index in [9.17, 15) is 4.21 Å². The van der Waals surface area contributed by atoms with E-state index in [1.54, 1.807) is 14.2 Å². The average Bonchev–Trinajstić information content (AvgIpc) is 2.66. The van der Waals surface area contributed by atoms with E-state index >= 15 is 0 Å². The molecule has 0 aromatic heterocycles. The minimum absolute atomic E-state index is 0.183. The number of ether oxygens (including phenoxy) is 1. The molecule has 7 heteroatoms. The fraction of sp³-hybridized carbons (Fsp3) is 0.650. The molecule has 2 unspecified atom stereocenters. The lowest BCUT2D eigenvalue weighted by Gasteiger charge is -2.36. The summed E-state index contributed by atoms with van der Waals surface area (Å²) in [5.41, 5.74) is 1.13. The van der Waals surface area contributed by atoms with Crippen LogP contribution in [0.5, 0.6) is 5.75 Å². The van der Waals surface area contributed by atoms with Gasteiger partial charge in [0.05, 0.1) is 12.8 Å². The van der Waals surface area contributed by atoms with Crippen molar-refractivity contribution < 1.29 is 8.95 Å². The second-order valence-corrected chi connectivity index (χ2v) is 10.1. The van der Waals surface area contributed by atoms with Crippen molar-refractivity contribution in [3.8, 4) is 5.75 Å². The van der Waals surface area contributed by atoms with Crippen LogP contribution < -0.4 is 20.3 Å². The van der Waals surface area contributed by atoms with Crippen LogP contribution in [0, 0.1) is 0 Å². The van der Waals surface area contributed by atoms with Crippen LogP contribution in [0.25, 0.3) is 0 Å². The van der Waals surface area contributed by atoms with Crippen molar-refractivity contribution in [3.05, 3.63) is 24.3 Å². The number of aliphatic imine (C=N–C) groups is 1. The van der Waals surface area contributed by atoms with E-state index in [2.05, 4.69) is 26.6 Å². The molecule has 1 aliphatic rings. The molecule has 2 N–H and O–H groups in total. The van der Waals surface area contributed by atoms with Gasteiger partial charge in [0.25, 0.3) is 0 Å². The molecule has 2 rings (SSSR count). The third-order valence-corrected chi connectivity index (χ3v) is 6.62. The first-order valence-electron chi connectivity index (χ1n) is 9.58. The van der Waals surface area contributed by atoms with Crippen LogP contribution >= 0.6 is 0 Å². The van der Waals surface area contributed by atoms with E-state index in [1.165, 1.54) is 0 Å². The number of piperidine rings is 1. The van der Waals surface area contributed by atoms with Gasteiger partial charge < -0.3 is 20.3 Å². The standard InChI is InChI=1S/C20H34N4O2S/c1-20(2,3)27(25)14-12-22-19(21-4)23-16-9-8-13-24(15-16)17-10-6-7-11-18(17)26-5/h6-7,10-11,16H,8-9,12-15H2,1-5H3,(H2,21,22,23). The van der Waals surface area contributed by atoms with Crippen molar-refractivity contribution >= 4 is 22.4 Å².